The van der Waals surface area contributed by atoms with Gasteiger partial charge < -0.3 is 15.8 Å². The molecule has 5 nitrogen and oxygen atoms in total. The zero-order valence-electron chi connectivity index (χ0n) is 12.9. The third-order valence-electron chi connectivity index (χ3n) is 3.29. The number of carbonyl (C=O) groups excluding carboxylic acids is 2. The van der Waals surface area contributed by atoms with Crippen LogP contribution in [-0.4, -0.2) is 25.0 Å². The highest BCUT2D eigenvalue weighted by Crippen LogP contribution is 2.19. The van der Waals surface area contributed by atoms with Gasteiger partial charge in [0.25, 0.3) is 0 Å². The van der Waals surface area contributed by atoms with Crippen molar-refractivity contribution < 1.29 is 14.3 Å². The molecular weight excluding hydrogens is 268 g/mol. The predicted molar refractivity (Wildman–Crippen MR) is 81.9 cm³/mol. The number of benzene rings is 1. The molecule has 1 rings (SSSR count). The Hall–Kier alpha value is -2.04. The van der Waals surface area contributed by atoms with Crippen LogP contribution in [0.25, 0.3) is 0 Å². The second kappa shape index (κ2) is 7.67. The quantitative estimate of drug-likeness (QED) is 0.764. The van der Waals surface area contributed by atoms with E-state index in [2.05, 4.69) is 5.32 Å². The first kappa shape index (κ1) is 17.0. The summed E-state index contributed by atoms with van der Waals surface area (Å²) in [6.07, 6.45) is 0.942. The molecule has 1 aromatic carbocycles. The summed E-state index contributed by atoms with van der Waals surface area (Å²) < 4.78 is 5.52. The van der Waals surface area contributed by atoms with Crippen molar-refractivity contribution in [1.29, 1.82) is 0 Å². The maximum Gasteiger partial charge on any atom is 0.224 e. The van der Waals surface area contributed by atoms with Gasteiger partial charge >= 0.3 is 0 Å². The Morgan fingerprint density at radius 3 is 2.57 bits per heavy atom. The highest BCUT2D eigenvalue weighted by atomic mass is 16.5. The summed E-state index contributed by atoms with van der Waals surface area (Å²) in [7, 11) is 0. The molecule has 0 fully saturated rings. The van der Waals surface area contributed by atoms with Crippen molar-refractivity contribution in [2.75, 3.05) is 13.2 Å². The van der Waals surface area contributed by atoms with E-state index in [9.17, 15) is 9.59 Å². The number of amides is 2. The molecule has 0 aliphatic heterocycles. The fraction of sp³-hybridized carbons (Fsp3) is 0.500. The molecule has 0 bridgehead atoms. The van der Waals surface area contributed by atoms with E-state index < -0.39 is 11.3 Å². The zero-order chi connectivity index (χ0) is 15.9. The molecule has 0 unspecified atom stereocenters. The Morgan fingerprint density at radius 2 is 1.95 bits per heavy atom. The molecule has 5 heteroatoms. The lowest BCUT2D eigenvalue weighted by atomic mass is 9.93. The van der Waals surface area contributed by atoms with Gasteiger partial charge in [-0.15, -0.1) is 0 Å². The van der Waals surface area contributed by atoms with Crippen molar-refractivity contribution in [3.05, 3.63) is 29.8 Å². The van der Waals surface area contributed by atoms with Crippen molar-refractivity contribution in [1.82, 2.24) is 5.32 Å². The molecule has 0 aliphatic rings. The van der Waals surface area contributed by atoms with Gasteiger partial charge in [0.05, 0.1) is 12.0 Å². The summed E-state index contributed by atoms with van der Waals surface area (Å²) in [4.78, 5) is 23.0. The number of hydrogen-bond donors (Lipinski definition) is 2. The van der Waals surface area contributed by atoms with E-state index in [1.165, 1.54) is 0 Å². The number of aryl methyl sites for hydroxylation is 1. The number of ether oxygens (including phenoxy) is 1. The molecule has 0 heterocycles. The van der Waals surface area contributed by atoms with Gasteiger partial charge in [0.15, 0.2) is 0 Å². The van der Waals surface area contributed by atoms with Crippen LogP contribution in [-0.2, 0) is 16.0 Å². The lowest BCUT2D eigenvalue weighted by molar-refractivity contribution is -0.127. The van der Waals surface area contributed by atoms with Gasteiger partial charge in [0, 0.05) is 13.0 Å². The predicted octanol–water partition coefficient (Wildman–Crippen LogP) is 1.65. The maximum absolute atomic E-state index is 11.9. The molecule has 3 N–H and O–H groups in total. The van der Waals surface area contributed by atoms with Gasteiger partial charge in [-0.3, -0.25) is 9.59 Å². The van der Waals surface area contributed by atoms with Crippen molar-refractivity contribution in [2.45, 2.75) is 33.6 Å². The molecule has 0 radical (unpaired) electrons. The number of nitrogens with two attached hydrogens (primary N) is 1. The van der Waals surface area contributed by atoms with E-state index in [-0.39, 0.29) is 12.5 Å². The Bertz CT molecular complexity index is 498. The van der Waals surface area contributed by atoms with Crippen molar-refractivity contribution >= 4 is 11.8 Å². The van der Waals surface area contributed by atoms with Gasteiger partial charge in [-0.25, -0.2) is 0 Å². The molecule has 21 heavy (non-hydrogen) atoms. The minimum Gasteiger partial charge on any atom is -0.494 e. The van der Waals surface area contributed by atoms with E-state index in [4.69, 9.17) is 10.5 Å². The van der Waals surface area contributed by atoms with Crippen LogP contribution in [0.4, 0.5) is 0 Å². The Morgan fingerprint density at radius 1 is 1.29 bits per heavy atom. The average Bonchev–Trinajstić information content (AvgIpc) is 2.44. The highest BCUT2D eigenvalue weighted by Gasteiger charge is 2.25. The van der Waals surface area contributed by atoms with Crippen molar-refractivity contribution in [3.63, 3.8) is 0 Å². The monoisotopic (exact) mass is 292 g/mol. The molecule has 2 amide bonds. The van der Waals surface area contributed by atoms with Crippen LogP contribution in [0.1, 0.15) is 32.8 Å². The van der Waals surface area contributed by atoms with Gasteiger partial charge in [0.1, 0.15) is 5.75 Å². The summed E-state index contributed by atoms with van der Waals surface area (Å²) in [5, 5.41) is 2.75. The average molecular weight is 292 g/mol. The Labute approximate surface area is 125 Å². The molecule has 1 aromatic rings. The minimum atomic E-state index is -0.737. The summed E-state index contributed by atoms with van der Waals surface area (Å²) in [5.41, 5.74) is 5.53. The number of para-hydroxylation sites is 1. The molecule has 0 spiro atoms. The standard InChI is InChI=1S/C16H24N2O3/c1-4-21-13-8-6-5-7-12(13)9-10-14(19)18-11-16(2,3)15(17)20/h5-8H,4,9-11H2,1-3H3,(H2,17,20)(H,18,19). The minimum absolute atomic E-state index is 0.101. The van der Waals surface area contributed by atoms with Crippen LogP contribution in [0.3, 0.4) is 0 Å². The molecule has 0 saturated heterocycles. The third-order valence-corrected chi connectivity index (χ3v) is 3.29. The van der Waals surface area contributed by atoms with Crippen LogP contribution in [0, 0.1) is 5.41 Å². The molecule has 0 aromatic heterocycles. The lowest BCUT2D eigenvalue weighted by Gasteiger charge is -2.20. The first-order valence-electron chi connectivity index (χ1n) is 7.14. The smallest absolute Gasteiger partial charge is 0.224 e. The number of primary amides is 1. The zero-order valence-corrected chi connectivity index (χ0v) is 12.9. The van der Waals surface area contributed by atoms with Crippen LogP contribution in [0.2, 0.25) is 0 Å². The first-order chi connectivity index (χ1) is 9.86. The van der Waals surface area contributed by atoms with E-state index in [0.717, 1.165) is 11.3 Å². The van der Waals surface area contributed by atoms with E-state index in [0.29, 0.717) is 19.4 Å². The normalized spacial score (nSPS) is 11.0. The first-order valence-corrected chi connectivity index (χ1v) is 7.14. The van der Waals surface area contributed by atoms with E-state index in [1.807, 2.05) is 31.2 Å². The largest absolute Gasteiger partial charge is 0.494 e. The number of rotatable bonds is 8. The second-order valence-electron chi connectivity index (χ2n) is 5.57. The number of nitrogens with one attached hydrogen (secondary N) is 1. The topological polar surface area (TPSA) is 81.4 Å². The van der Waals surface area contributed by atoms with Crippen molar-refractivity contribution in [3.8, 4) is 5.75 Å². The number of hydrogen-bond acceptors (Lipinski definition) is 3. The summed E-state index contributed by atoms with van der Waals surface area (Å²) in [6, 6.07) is 7.68. The summed E-state index contributed by atoms with van der Waals surface area (Å²) >= 11 is 0. The SMILES string of the molecule is CCOc1ccccc1CCC(=O)NCC(C)(C)C(N)=O. The highest BCUT2D eigenvalue weighted by molar-refractivity contribution is 5.82. The molecule has 0 saturated carbocycles. The van der Waals surface area contributed by atoms with E-state index in [1.54, 1.807) is 13.8 Å². The van der Waals surface area contributed by atoms with Crippen LogP contribution >= 0.6 is 0 Å². The van der Waals surface area contributed by atoms with Gasteiger partial charge in [-0.05, 0) is 38.8 Å². The Kier molecular flexibility index (Phi) is 6.21. The Balaban J connectivity index is 2.49. The van der Waals surface area contributed by atoms with Crippen LogP contribution < -0.4 is 15.8 Å². The molecule has 0 aliphatic carbocycles. The fourth-order valence-electron chi connectivity index (χ4n) is 1.75. The second-order valence-corrected chi connectivity index (χ2v) is 5.57. The van der Waals surface area contributed by atoms with Gasteiger partial charge in [-0.2, -0.15) is 0 Å². The lowest BCUT2D eigenvalue weighted by Crippen LogP contribution is -2.42. The summed E-state index contributed by atoms with van der Waals surface area (Å²) in [5.74, 6) is 0.283. The third kappa shape index (κ3) is 5.45. The van der Waals surface area contributed by atoms with Crippen LogP contribution in [0.15, 0.2) is 24.3 Å². The van der Waals surface area contributed by atoms with Crippen LogP contribution in [0.5, 0.6) is 5.75 Å². The van der Waals surface area contributed by atoms with E-state index >= 15 is 0 Å². The van der Waals surface area contributed by atoms with Gasteiger partial charge in [-0.1, -0.05) is 18.2 Å². The summed E-state index contributed by atoms with van der Waals surface area (Å²) in [6.45, 7) is 6.18. The molecular formula is C16H24N2O3. The van der Waals surface area contributed by atoms with Gasteiger partial charge in [0.2, 0.25) is 11.8 Å². The van der Waals surface area contributed by atoms with Crippen molar-refractivity contribution in [2.24, 2.45) is 11.1 Å². The number of carbonyl (C=O) groups is 2. The molecule has 116 valence electrons. The fourth-order valence-corrected chi connectivity index (χ4v) is 1.75. The molecule has 0 atom stereocenters. The maximum atomic E-state index is 11.9.